The van der Waals surface area contributed by atoms with Gasteiger partial charge in [0.2, 0.25) is 5.67 Å². The number of ether oxygens (including phenoxy) is 1. The van der Waals surface area contributed by atoms with Crippen molar-refractivity contribution in [3.63, 3.8) is 0 Å². The fourth-order valence-corrected chi connectivity index (χ4v) is 4.92. The summed E-state index contributed by atoms with van der Waals surface area (Å²) in [6, 6.07) is 0. The topological polar surface area (TPSA) is 155 Å². The molecule has 3 rings (SSSR count). The van der Waals surface area contributed by atoms with E-state index in [1.807, 2.05) is 26.7 Å². The van der Waals surface area contributed by atoms with Crippen LogP contribution in [-0.4, -0.2) is 68.2 Å². The summed E-state index contributed by atoms with van der Waals surface area (Å²) >= 11 is 1.07. The summed E-state index contributed by atoms with van der Waals surface area (Å²) in [7, 11) is -2.63. The van der Waals surface area contributed by atoms with E-state index in [9.17, 15) is 19.3 Å². The van der Waals surface area contributed by atoms with E-state index in [4.69, 9.17) is 25.9 Å². The fraction of sp³-hybridized carbons (Fsp3) is 0.619. The van der Waals surface area contributed by atoms with Crippen molar-refractivity contribution in [1.29, 1.82) is 0 Å². The molecule has 14 heteroatoms. The van der Waals surface area contributed by atoms with E-state index in [-0.39, 0.29) is 41.2 Å². The first-order valence-corrected chi connectivity index (χ1v) is 12.9. The van der Waals surface area contributed by atoms with Gasteiger partial charge in [-0.15, -0.1) is 15.5 Å². The Morgan fingerprint density at radius 1 is 1.54 bits per heavy atom. The van der Waals surface area contributed by atoms with E-state index < -0.39 is 50.2 Å². The van der Waals surface area contributed by atoms with Crippen LogP contribution in [-0.2, 0) is 23.1 Å². The Bertz CT molecular complexity index is 1090. The first-order valence-electron chi connectivity index (χ1n) is 10.8. The molecule has 0 aromatic carbocycles. The van der Waals surface area contributed by atoms with Gasteiger partial charge in [-0.2, -0.15) is 0 Å². The third-order valence-corrected chi connectivity index (χ3v) is 7.78. The van der Waals surface area contributed by atoms with Crippen LogP contribution in [0, 0.1) is 17.8 Å². The molecular formula is C21H27FN4O7PS+. The van der Waals surface area contributed by atoms with Gasteiger partial charge in [0.1, 0.15) is 31.3 Å². The van der Waals surface area contributed by atoms with Crippen molar-refractivity contribution in [2.45, 2.75) is 57.7 Å². The lowest BCUT2D eigenvalue weighted by Crippen LogP contribution is -2.42. The molecule has 0 aliphatic carbocycles. The molecule has 1 aromatic rings. The van der Waals surface area contributed by atoms with Gasteiger partial charge in [0.15, 0.2) is 28.6 Å². The number of terminal acetylenes is 1. The molecule has 3 heterocycles. The normalized spacial score (nSPS) is 26.7. The lowest BCUT2D eigenvalue weighted by Gasteiger charge is -2.24. The van der Waals surface area contributed by atoms with Crippen molar-refractivity contribution in [2.24, 2.45) is 16.1 Å². The Kier molecular flexibility index (Phi) is 8.47. The first-order chi connectivity index (χ1) is 16.4. The molecule has 0 bridgehead atoms. The number of thioether (sulfide) groups is 1. The molecule has 2 aliphatic heterocycles. The van der Waals surface area contributed by atoms with Crippen molar-refractivity contribution in [1.82, 2.24) is 9.55 Å². The molecule has 1 fully saturated rings. The van der Waals surface area contributed by atoms with Crippen molar-refractivity contribution >= 4 is 42.6 Å². The van der Waals surface area contributed by atoms with Crippen molar-refractivity contribution in [2.75, 3.05) is 19.0 Å². The van der Waals surface area contributed by atoms with Gasteiger partial charge >= 0.3 is 8.25 Å². The van der Waals surface area contributed by atoms with E-state index in [0.717, 1.165) is 22.7 Å². The average molecular weight is 530 g/mol. The molecule has 2 aliphatic rings. The molecule has 0 amide bonds. The molecule has 0 saturated carbocycles. The summed E-state index contributed by atoms with van der Waals surface area (Å²) in [4.78, 5) is 32.2. The van der Waals surface area contributed by atoms with Crippen LogP contribution in [0.15, 0.2) is 11.3 Å². The van der Waals surface area contributed by atoms with E-state index >= 15 is 4.39 Å². The third kappa shape index (κ3) is 5.63. The van der Waals surface area contributed by atoms with Crippen LogP contribution in [0.4, 0.5) is 10.2 Å². The molecule has 190 valence electrons. The smallest absolute Gasteiger partial charge is 0.387 e. The van der Waals surface area contributed by atoms with Crippen LogP contribution in [0.2, 0.25) is 0 Å². The number of aliphatic hydroxyl groups excluding tert-OH is 1. The summed E-state index contributed by atoms with van der Waals surface area (Å²) in [5.74, 6) is 1.74. The molecule has 0 spiro atoms. The molecule has 3 N–H and O–H groups in total. The van der Waals surface area contributed by atoms with Crippen molar-refractivity contribution in [3.05, 3.63) is 12.0 Å². The second kappa shape index (κ2) is 10.8. The van der Waals surface area contributed by atoms with Crippen LogP contribution >= 0.6 is 20.0 Å². The predicted molar refractivity (Wildman–Crippen MR) is 126 cm³/mol. The van der Waals surface area contributed by atoms with Crippen LogP contribution in [0.25, 0.3) is 0 Å². The Balaban J connectivity index is 1.59. The Labute approximate surface area is 206 Å². The number of ketones is 1. The average Bonchev–Trinajstić information content (AvgIpc) is 3.34. The summed E-state index contributed by atoms with van der Waals surface area (Å²) in [6.45, 7) is 5.07. The number of Topliss-reactive ketones (excluding diaryl/α,β-unsaturated/α-hetero) is 1. The van der Waals surface area contributed by atoms with Crippen molar-refractivity contribution < 1.29 is 37.4 Å². The number of nitrogens with two attached hydrogens (primary N) is 1. The first kappa shape index (κ1) is 27.4. The van der Waals surface area contributed by atoms with Gasteiger partial charge in [-0.3, -0.25) is 14.2 Å². The minimum absolute atomic E-state index is 0.00341. The number of alkyl halides is 1. The van der Waals surface area contributed by atoms with E-state index in [0.29, 0.717) is 6.42 Å². The summed E-state index contributed by atoms with van der Waals surface area (Å²) in [6.07, 6.45) is 2.29. The van der Waals surface area contributed by atoms with Gasteiger partial charge in [-0.25, -0.2) is 14.4 Å². The lowest BCUT2D eigenvalue weighted by molar-refractivity contribution is -0.118. The number of rotatable bonds is 10. The van der Waals surface area contributed by atoms with Gasteiger partial charge < -0.3 is 15.6 Å². The number of aliphatic hydroxyl groups is 1. The number of aromatic nitrogens is 2. The minimum Gasteiger partial charge on any atom is -0.387 e. The zero-order valence-corrected chi connectivity index (χ0v) is 21.2. The highest BCUT2D eigenvalue weighted by Gasteiger charge is 2.59. The standard InChI is InChI=1S/C21H26FN4O7PS/c1-5-20(3,4)19(29)35-8-7-31-34(30)32-10-13-16(28)21(22,6-2)18(33-13)26-11-24-15-12(27)9-14(23)25-17(15)26/h2,11,13,16,18,28H,5,7-10H2,1,3-4H3,(H-,23,25,27)/p+1/t13-,16?,18-,21-/m1/s1. The van der Waals surface area contributed by atoms with Gasteiger partial charge in [0.05, 0.1) is 12.7 Å². The molecule has 2 unspecified atom stereocenters. The fourth-order valence-electron chi connectivity index (χ4n) is 3.33. The van der Waals surface area contributed by atoms with Crippen LogP contribution in [0.1, 0.15) is 50.3 Å². The summed E-state index contributed by atoms with van der Waals surface area (Å²) in [5, 5.41) is 10.5. The number of amidine groups is 1. The lowest BCUT2D eigenvalue weighted by atomic mass is 9.92. The molecule has 35 heavy (non-hydrogen) atoms. The van der Waals surface area contributed by atoms with E-state index in [1.165, 1.54) is 0 Å². The summed E-state index contributed by atoms with van der Waals surface area (Å²) in [5.41, 5.74) is 2.45. The van der Waals surface area contributed by atoms with E-state index in [1.54, 1.807) is 0 Å². The van der Waals surface area contributed by atoms with Gasteiger partial charge in [-0.05, 0) is 6.42 Å². The number of imidazole rings is 1. The maximum absolute atomic E-state index is 15.6. The number of fused-ring (bicyclic) bond motifs is 1. The van der Waals surface area contributed by atoms with Crippen LogP contribution < -0.4 is 5.73 Å². The number of carbonyl (C=O) groups excluding carboxylic acids is 2. The quantitative estimate of drug-likeness (QED) is 0.262. The maximum atomic E-state index is 15.6. The number of carbonyl (C=O) groups is 2. The molecule has 5 atom stereocenters. The molecule has 1 saturated heterocycles. The highest BCUT2D eigenvalue weighted by atomic mass is 32.2. The number of halogens is 1. The minimum atomic E-state index is -2.73. The largest absolute Gasteiger partial charge is 0.697 e. The maximum Gasteiger partial charge on any atom is 0.697 e. The number of hydrogen-bond donors (Lipinski definition) is 2. The zero-order valence-electron chi connectivity index (χ0n) is 19.5. The monoisotopic (exact) mass is 529 g/mol. The van der Waals surface area contributed by atoms with E-state index in [2.05, 4.69) is 9.98 Å². The van der Waals surface area contributed by atoms with Gasteiger partial charge in [-0.1, -0.05) is 38.5 Å². The number of aliphatic imine (C=N–C) groups is 1. The van der Waals surface area contributed by atoms with Crippen LogP contribution in [0.3, 0.4) is 0 Å². The predicted octanol–water partition coefficient (Wildman–Crippen LogP) is 2.44. The number of hydrogen-bond acceptors (Lipinski definition) is 11. The highest BCUT2D eigenvalue weighted by molar-refractivity contribution is 8.13. The second-order valence-corrected chi connectivity index (χ2v) is 10.7. The second-order valence-electron chi connectivity index (χ2n) is 8.64. The Morgan fingerprint density at radius 2 is 2.26 bits per heavy atom. The Morgan fingerprint density at radius 3 is 2.91 bits per heavy atom. The molecular weight excluding hydrogens is 502 g/mol. The Hall–Kier alpha value is -2.20. The third-order valence-electron chi connectivity index (χ3n) is 5.84. The van der Waals surface area contributed by atoms with Crippen LogP contribution in [0.5, 0.6) is 0 Å². The zero-order chi connectivity index (χ0) is 26.0. The highest BCUT2D eigenvalue weighted by Crippen LogP contribution is 2.44. The molecule has 1 aromatic heterocycles. The van der Waals surface area contributed by atoms with Gasteiger partial charge in [0.25, 0.3) is 0 Å². The van der Waals surface area contributed by atoms with Gasteiger partial charge in [0, 0.05) is 15.7 Å². The molecule has 11 nitrogen and oxygen atoms in total. The summed E-state index contributed by atoms with van der Waals surface area (Å²) < 4.78 is 44.5. The molecule has 0 radical (unpaired) electrons. The SMILES string of the molecule is C#C[C@@]1(F)C(O)[C@@H](CO[P+](=O)OCCSC(=O)C(C)(C)CC)O[C@H]1n1cnc2c1N=C(N)CC2=O. The number of nitrogens with zero attached hydrogens (tertiary/aromatic N) is 3. The van der Waals surface area contributed by atoms with Crippen molar-refractivity contribution in [3.8, 4) is 12.3 Å².